The van der Waals surface area contributed by atoms with E-state index in [9.17, 15) is 0 Å². The summed E-state index contributed by atoms with van der Waals surface area (Å²) in [6.07, 6.45) is 6.73. The predicted octanol–water partition coefficient (Wildman–Crippen LogP) is 1.39. The molecule has 8 heavy (non-hydrogen) atoms. The first-order valence-corrected chi connectivity index (χ1v) is 2.70. The van der Waals surface area contributed by atoms with Crippen molar-refractivity contribution in [3.63, 3.8) is 0 Å². The van der Waals surface area contributed by atoms with Gasteiger partial charge in [0.05, 0.1) is 0 Å². The van der Waals surface area contributed by atoms with Gasteiger partial charge in [-0.15, -0.1) is 0 Å². The number of ether oxygens (including phenoxy) is 1. The van der Waals surface area contributed by atoms with Gasteiger partial charge in [0.25, 0.3) is 0 Å². The monoisotopic (exact) mass is 111 g/mol. The molecule has 0 heterocycles. The van der Waals surface area contributed by atoms with Gasteiger partial charge >= 0.3 is 0 Å². The van der Waals surface area contributed by atoms with Crippen LogP contribution < -0.4 is 0 Å². The third kappa shape index (κ3) is 2.65. The molecule has 0 rings (SSSR count). The van der Waals surface area contributed by atoms with E-state index in [1.54, 1.807) is 0 Å². The summed E-state index contributed by atoms with van der Waals surface area (Å²) in [6, 6.07) is 0. The molecule has 0 aliphatic rings. The van der Waals surface area contributed by atoms with Crippen molar-refractivity contribution in [1.29, 1.82) is 0 Å². The standard InChI is InChI=1S/C7H11O/c1-5-7(3,4)8-6-2/h6H2,2-4H3. The van der Waals surface area contributed by atoms with Gasteiger partial charge in [0.2, 0.25) is 0 Å². The summed E-state index contributed by atoms with van der Waals surface area (Å²) in [5, 5.41) is 0. The van der Waals surface area contributed by atoms with E-state index in [0.717, 1.165) is 0 Å². The van der Waals surface area contributed by atoms with Crippen LogP contribution in [0.25, 0.3) is 0 Å². The largest absolute Gasteiger partial charge is 0.363 e. The van der Waals surface area contributed by atoms with E-state index in [0.29, 0.717) is 6.61 Å². The minimum Gasteiger partial charge on any atom is -0.363 e. The average molecular weight is 111 g/mol. The molecular weight excluding hydrogens is 100 g/mol. The molecule has 0 aliphatic heterocycles. The highest BCUT2D eigenvalue weighted by atomic mass is 16.5. The van der Waals surface area contributed by atoms with Crippen molar-refractivity contribution in [2.24, 2.45) is 0 Å². The van der Waals surface area contributed by atoms with Crippen LogP contribution in [0.15, 0.2) is 0 Å². The van der Waals surface area contributed by atoms with Gasteiger partial charge in [0.15, 0.2) is 0 Å². The Balaban J connectivity index is 3.59. The molecule has 0 aromatic rings. The summed E-state index contributed by atoms with van der Waals surface area (Å²) in [5.41, 5.74) is -0.491. The predicted molar refractivity (Wildman–Crippen MR) is 32.8 cm³/mol. The quantitative estimate of drug-likeness (QED) is 0.489. The Bertz CT molecular complexity index is 97.4. The number of rotatable bonds is 2. The smallest absolute Gasteiger partial charge is 0.124 e. The van der Waals surface area contributed by atoms with Crippen LogP contribution in [0.3, 0.4) is 0 Å². The van der Waals surface area contributed by atoms with Crippen molar-refractivity contribution in [2.45, 2.75) is 26.4 Å². The molecule has 0 amide bonds. The van der Waals surface area contributed by atoms with E-state index in [4.69, 9.17) is 11.2 Å². The lowest BCUT2D eigenvalue weighted by atomic mass is 10.1. The van der Waals surface area contributed by atoms with E-state index in [1.807, 2.05) is 20.8 Å². The van der Waals surface area contributed by atoms with Crippen LogP contribution in [0.2, 0.25) is 0 Å². The second-order valence-corrected chi connectivity index (χ2v) is 2.07. The second kappa shape index (κ2) is 2.74. The second-order valence-electron chi connectivity index (χ2n) is 2.07. The summed E-state index contributed by atoms with van der Waals surface area (Å²) in [5.74, 6) is 2.27. The van der Waals surface area contributed by atoms with Crippen molar-refractivity contribution in [3.8, 4) is 5.92 Å². The Labute approximate surface area is 51.0 Å². The Kier molecular flexibility index (Phi) is 2.57. The van der Waals surface area contributed by atoms with Crippen LogP contribution in [-0.4, -0.2) is 12.2 Å². The Morgan fingerprint density at radius 2 is 2.12 bits per heavy atom. The van der Waals surface area contributed by atoms with Gasteiger partial charge in [-0.05, 0) is 27.2 Å². The number of hydrogen-bond donors (Lipinski definition) is 0. The van der Waals surface area contributed by atoms with Crippen molar-refractivity contribution in [1.82, 2.24) is 0 Å². The summed E-state index contributed by atoms with van der Waals surface area (Å²) in [4.78, 5) is 0. The van der Waals surface area contributed by atoms with Gasteiger partial charge in [-0.2, -0.15) is 0 Å². The van der Waals surface area contributed by atoms with Gasteiger partial charge in [-0.25, -0.2) is 0 Å². The molecule has 0 saturated heterocycles. The highest BCUT2D eigenvalue weighted by molar-refractivity contribution is 4.97. The van der Waals surface area contributed by atoms with Gasteiger partial charge < -0.3 is 4.74 Å². The summed E-state index contributed by atoms with van der Waals surface area (Å²) < 4.78 is 5.08. The van der Waals surface area contributed by atoms with Crippen molar-refractivity contribution < 1.29 is 4.74 Å². The molecule has 0 fully saturated rings. The van der Waals surface area contributed by atoms with Gasteiger partial charge in [0.1, 0.15) is 5.60 Å². The molecule has 0 bridgehead atoms. The van der Waals surface area contributed by atoms with E-state index in [-0.39, 0.29) is 0 Å². The molecule has 0 saturated carbocycles. The van der Waals surface area contributed by atoms with E-state index < -0.39 is 5.60 Å². The molecule has 0 spiro atoms. The molecule has 0 atom stereocenters. The topological polar surface area (TPSA) is 9.23 Å². The lowest BCUT2D eigenvalue weighted by Gasteiger charge is -2.15. The summed E-state index contributed by atoms with van der Waals surface area (Å²) in [7, 11) is 0. The molecule has 0 unspecified atom stereocenters. The third-order valence-corrected chi connectivity index (χ3v) is 0.806. The molecular formula is C7H11O. The Morgan fingerprint density at radius 1 is 1.62 bits per heavy atom. The normalized spacial score (nSPS) is 10.8. The molecule has 1 nitrogen and oxygen atoms in total. The minimum absolute atomic E-state index is 0.491. The maximum atomic E-state index is 6.73. The van der Waals surface area contributed by atoms with Gasteiger partial charge in [0, 0.05) is 6.61 Å². The number of hydrogen-bond acceptors (Lipinski definition) is 1. The summed E-state index contributed by atoms with van der Waals surface area (Å²) >= 11 is 0. The third-order valence-electron chi connectivity index (χ3n) is 0.806. The zero-order valence-electron chi connectivity index (χ0n) is 5.62. The van der Waals surface area contributed by atoms with Crippen molar-refractivity contribution in [2.75, 3.05) is 6.61 Å². The zero-order valence-corrected chi connectivity index (χ0v) is 5.62. The van der Waals surface area contributed by atoms with E-state index >= 15 is 0 Å². The lowest BCUT2D eigenvalue weighted by molar-refractivity contribution is 0.0360. The Morgan fingerprint density at radius 3 is 2.25 bits per heavy atom. The van der Waals surface area contributed by atoms with Crippen LogP contribution in [0.5, 0.6) is 0 Å². The first kappa shape index (κ1) is 7.52. The van der Waals surface area contributed by atoms with Gasteiger partial charge in [-0.1, -0.05) is 5.92 Å². The van der Waals surface area contributed by atoms with Crippen LogP contribution in [0.4, 0.5) is 0 Å². The molecule has 1 heteroatoms. The lowest BCUT2D eigenvalue weighted by Crippen LogP contribution is -2.20. The zero-order chi connectivity index (χ0) is 6.62. The molecule has 1 radical (unpaired) electrons. The van der Waals surface area contributed by atoms with Crippen LogP contribution >= 0.6 is 0 Å². The molecule has 45 valence electrons. The van der Waals surface area contributed by atoms with Crippen LogP contribution in [0, 0.1) is 12.3 Å². The van der Waals surface area contributed by atoms with Gasteiger partial charge in [-0.3, -0.25) is 0 Å². The van der Waals surface area contributed by atoms with Crippen molar-refractivity contribution in [3.05, 3.63) is 6.42 Å². The van der Waals surface area contributed by atoms with Crippen LogP contribution in [0.1, 0.15) is 20.8 Å². The SMILES string of the molecule is [C]#CC(C)(C)OCC. The van der Waals surface area contributed by atoms with Crippen molar-refractivity contribution >= 4 is 0 Å². The fourth-order valence-electron chi connectivity index (χ4n) is 0.397. The first-order valence-electron chi connectivity index (χ1n) is 2.70. The van der Waals surface area contributed by atoms with Crippen LogP contribution in [-0.2, 0) is 4.74 Å². The minimum atomic E-state index is -0.491. The van der Waals surface area contributed by atoms with E-state index in [1.165, 1.54) is 0 Å². The first-order chi connectivity index (χ1) is 3.62. The fraction of sp³-hybridized carbons (Fsp3) is 0.714. The fourth-order valence-corrected chi connectivity index (χ4v) is 0.397. The molecule has 0 aromatic heterocycles. The Hall–Kier alpha value is -0.480. The maximum absolute atomic E-state index is 6.73. The van der Waals surface area contributed by atoms with E-state index in [2.05, 4.69) is 5.92 Å². The maximum Gasteiger partial charge on any atom is 0.124 e. The molecule has 0 aliphatic carbocycles. The molecule has 0 aromatic carbocycles. The highest BCUT2D eigenvalue weighted by Crippen LogP contribution is 2.04. The average Bonchev–Trinajstić information content (AvgIpc) is 1.67. The highest BCUT2D eigenvalue weighted by Gasteiger charge is 2.11. The molecule has 0 N–H and O–H groups in total. The summed E-state index contributed by atoms with van der Waals surface area (Å²) in [6.45, 7) is 6.16.